The third kappa shape index (κ3) is 18.3. The second-order valence-corrected chi connectivity index (χ2v) is 11.4. The Hall–Kier alpha value is -0.660. The fraction of sp³-hybridized carbons (Fsp3) is 0.939. The molecule has 0 N–H and O–H groups in total. The third-order valence-electron chi connectivity index (χ3n) is 8.17. The Labute approximate surface area is 222 Å². The first kappa shape index (κ1) is 32.4. The highest BCUT2D eigenvalue weighted by molar-refractivity contribution is 4.96. The zero-order valence-corrected chi connectivity index (χ0v) is 24.7. The first-order valence-electron chi connectivity index (χ1n) is 16.5. The normalized spacial score (nSPS) is 15.6. The molecule has 0 saturated heterocycles. The van der Waals surface area contributed by atoms with Crippen LogP contribution in [-0.2, 0) is 0 Å². The minimum Gasteiger partial charge on any atom is -0.356 e. The van der Waals surface area contributed by atoms with E-state index in [4.69, 9.17) is 0 Å². The van der Waals surface area contributed by atoms with Gasteiger partial charge in [0.1, 0.15) is 6.17 Å². The van der Waals surface area contributed by atoms with Gasteiger partial charge in [-0.15, -0.1) is 0 Å². The van der Waals surface area contributed by atoms with Crippen molar-refractivity contribution in [2.24, 2.45) is 0 Å². The molecule has 1 aliphatic rings. The van der Waals surface area contributed by atoms with Crippen molar-refractivity contribution in [3.05, 3.63) is 12.4 Å². The molecule has 0 radical (unpaired) electrons. The van der Waals surface area contributed by atoms with Crippen LogP contribution in [0.4, 0.5) is 0 Å². The molecular formula is C33H66N2. The molecule has 2 heteroatoms. The summed E-state index contributed by atoms with van der Waals surface area (Å²) in [5, 5.41) is 0. The average Bonchev–Trinajstić information content (AvgIpc) is 3.27. The third-order valence-corrected chi connectivity index (χ3v) is 8.17. The molecule has 0 bridgehead atoms. The predicted octanol–water partition coefficient (Wildman–Crippen LogP) is 11.2. The summed E-state index contributed by atoms with van der Waals surface area (Å²) in [5.74, 6) is 0. The summed E-state index contributed by atoms with van der Waals surface area (Å²) < 4.78 is 0. The van der Waals surface area contributed by atoms with Crippen molar-refractivity contribution >= 4 is 0 Å². The standard InChI is InChI=1S/C33H66N2/c1-4-7-9-11-13-15-16-17-18-19-20-22-24-26-28-30-35-32-31-34(6-3)33(35)29-27-25-23-21-14-12-10-8-5-2/h31-33H,4-30H2,1-3H3. The quantitative estimate of drug-likeness (QED) is 0.106. The molecule has 1 heterocycles. The van der Waals surface area contributed by atoms with Gasteiger partial charge in [0, 0.05) is 25.5 Å². The highest BCUT2D eigenvalue weighted by Crippen LogP contribution is 2.23. The van der Waals surface area contributed by atoms with Gasteiger partial charge in [-0.1, -0.05) is 155 Å². The Bertz CT molecular complexity index is 446. The van der Waals surface area contributed by atoms with E-state index in [-0.39, 0.29) is 0 Å². The van der Waals surface area contributed by atoms with Gasteiger partial charge in [-0.05, 0) is 26.2 Å². The lowest BCUT2D eigenvalue weighted by Gasteiger charge is -2.32. The molecule has 0 spiro atoms. The van der Waals surface area contributed by atoms with Gasteiger partial charge in [-0.25, -0.2) is 0 Å². The minimum absolute atomic E-state index is 0.635. The largest absolute Gasteiger partial charge is 0.356 e. The lowest BCUT2D eigenvalue weighted by molar-refractivity contribution is 0.142. The SMILES string of the molecule is CCCCCCCCCCCCCCCCCN1C=CN(CC)C1CCCCCCCCCCC. The first-order chi connectivity index (χ1) is 17.3. The Morgan fingerprint density at radius 3 is 1.14 bits per heavy atom. The Morgan fingerprint density at radius 1 is 0.400 bits per heavy atom. The molecule has 35 heavy (non-hydrogen) atoms. The molecule has 0 aromatic carbocycles. The van der Waals surface area contributed by atoms with E-state index in [1.807, 2.05) is 0 Å². The van der Waals surface area contributed by atoms with Crippen molar-refractivity contribution < 1.29 is 0 Å². The Balaban J connectivity index is 1.95. The van der Waals surface area contributed by atoms with E-state index in [0.717, 1.165) is 6.54 Å². The van der Waals surface area contributed by atoms with Gasteiger partial charge in [0.15, 0.2) is 0 Å². The molecular weight excluding hydrogens is 424 g/mol. The smallest absolute Gasteiger partial charge is 0.101 e. The number of unbranched alkanes of at least 4 members (excludes halogenated alkanes) is 22. The molecule has 0 aromatic rings. The molecule has 1 atom stereocenters. The summed E-state index contributed by atoms with van der Waals surface area (Å²) in [5.41, 5.74) is 0. The van der Waals surface area contributed by atoms with Crippen LogP contribution < -0.4 is 0 Å². The van der Waals surface area contributed by atoms with Gasteiger partial charge in [-0.3, -0.25) is 0 Å². The van der Waals surface area contributed by atoms with Crippen LogP contribution in [0, 0.1) is 0 Å². The number of nitrogens with zero attached hydrogens (tertiary/aromatic N) is 2. The van der Waals surface area contributed by atoms with Crippen LogP contribution >= 0.6 is 0 Å². The van der Waals surface area contributed by atoms with Gasteiger partial charge < -0.3 is 9.80 Å². The fourth-order valence-electron chi connectivity index (χ4n) is 5.74. The Morgan fingerprint density at radius 2 is 0.743 bits per heavy atom. The van der Waals surface area contributed by atoms with Crippen molar-refractivity contribution in [2.45, 2.75) is 187 Å². The van der Waals surface area contributed by atoms with E-state index in [0.29, 0.717) is 6.17 Å². The summed E-state index contributed by atoms with van der Waals surface area (Å²) in [7, 11) is 0. The van der Waals surface area contributed by atoms with E-state index in [1.54, 1.807) is 0 Å². The second-order valence-electron chi connectivity index (χ2n) is 11.4. The van der Waals surface area contributed by atoms with E-state index >= 15 is 0 Å². The molecule has 0 amide bonds. The number of hydrogen-bond acceptors (Lipinski definition) is 2. The van der Waals surface area contributed by atoms with Gasteiger partial charge in [0.25, 0.3) is 0 Å². The van der Waals surface area contributed by atoms with Crippen LogP contribution in [0.25, 0.3) is 0 Å². The van der Waals surface area contributed by atoms with Gasteiger partial charge in [-0.2, -0.15) is 0 Å². The zero-order chi connectivity index (χ0) is 25.2. The summed E-state index contributed by atoms with van der Waals surface area (Å²) in [6.45, 7) is 9.33. The first-order valence-corrected chi connectivity index (χ1v) is 16.5. The van der Waals surface area contributed by atoms with Crippen LogP contribution in [0.3, 0.4) is 0 Å². The van der Waals surface area contributed by atoms with E-state index in [2.05, 4.69) is 43.0 Å². The zero-order valence-electron chi connectivity index (χ0n) is 24.7. The average molecular weight is 491 g/mol. The maximum absolute atomic E-state index is 2.65. The lowest BCUT2D eigenvalue weighted by atomic mass is 10.0. The minimum atomic E-state index is 0.635. The molecule has 0 saturated carbocycles. The van der Waals surface area contributed by atoms with Gasteiger partial charge >= 0.3 is 0 Å². The van der Waals surface area contributed by atoms with Crippen molar-refractivity contribution in [3.63, 3.8) is 0 Å². The van der Waals surface area contributed by atoms with Crippen molar-refractivity contribution in [1.82, 2.24) is 9.80 Å². The van der Waals surface area contributed by atoms with Crippen molar-refractivity contribution in [2.75, 3.05) is 13.1 Å². The van der Waals surface area contributed by atoms with Crippen LogP contribution in [0.5, 0.6) is 0 Å². The summed E-state index contributed by atoms with van der Waals surface area (Å²) in [4.78, 5) is 5.21. The highest BCUT2D eigenvalue weighted by atomic mass is 15.4. The summed E-state index contributed by atoms with van der Waals surface area (Å²) >= 11 is 0. The van der Waals surface area contributed by atoms with Gasteiger partial charge in [0.05, 0.1) is 0 Å². The Kier molecular flexibility index (Phi) is 23.1. The topological polar surface area (TPSA) is 6.48 Å². The summed E-state index contributed by atoms with van der Waals surface area (Å²) in [6.07, 6.45) is 41.3. The van der Waals surface area contributed by atoms with E-state index in [1.165, 1.54) is 167 Å². The van der Waals surface area contributed by atoms with Gasteiger partial charge in [0.2, 0.25) is 0 Å². The highest BCUT2D eigenvalue weighted by Gasteiger charge is 2.23. The van der Waals surface area contributed by atoms with E-state index < -0.39 is 0 Å². The second kappa shape index (κ2) is 25.0. The molecule has 0 fully saturated rings. The lowest BCUT2D eigenvalue weighted by Crippen LogP contribution is -2.38. The fourth-order valence-corrected chi connectivity index (χ4v) is 5.74. The summed E-state index contributed by atoms with van der Waals surface area (Å²) in [6, 6.07) is 0. The molecule has 208 valence electrons. The number of rotatable bonds is 27. The van der Waals surface area contributed by atoms with Crippen LogP contribution in [0.15, 0.2) is 12.4 Å². The predicted molar refractivity (Wildman–Crippen MR) is 159 cm³/mol. The maximum atomic E-state index is 2.65. The number of hydrogen-bond donors (Lipinski definition) is 0. The maximum Gasteiger partial charge on any atom is 0.101 e. The van der Waals surface area contributed by atoms with Crippen molar-refractivity contribution in [3.8, 4) is 0 Å². The monoisotopic (exact) mass is 491 g/mol. The van der Waals surface area contributed by atoms with Crippen LogP contribution in [0.1, 0.15) is 181 Å². The van der Waals surface area contributed by atoms with Crippen molar-refractivity contribution in [1.29, 1.82) is 0 Å². The van der Waals surface area contributed by atoms with E-state index in [9.17, 15) is 0 Å². The molecule has 1 rings (SSSR count). The molecule has 1 aliphatic heterocycles. The van der Waals surface area contributed by atoms with Crippen LogP contribution in [0.2, 0.25) is 0 Å². The molecule has 0 aliphatic carbocycles. The molecule has 1 unspecified atom stereocenters. The molecule has 2 nitrogen and oxygen atoms in total. The van der Waals surface area contributed by atoms with Crippen LogP contribution in [-0.4, -0.2) is 29.1 Å². The molecule has 0 aromatic heterocycles.